The highest BCUT2D eigenvalue weighted by Gasteiger charge is 2.40. The molecule has 0 spiro atoms. The second-order valence-corrected chi connectivity index (χ2v) is 5.11. The number of likely N-dealkylation sites (tertiary alicyclic amines) is 1. The van der Waals surface area contributed by atoms with Crippen LogP contribution in [0.3, 0.4) is 0 Å². The number of nitrogens with zero attached hydrogens (tertiary/aromatic N) is 1. The summed E-state index contributed by atoms with van der Waals surface area (Å²) in [5, 5.41) is 18.8. The lowest BCUT2D eigenvalue weighted by atomic mass is 9.95. The number of amides is 1. The average Bonchev–Trinajstić information content (AvgIpc) is 2.83. The minimum absolute atomic E-state index is 0.0964. The molecular weight excluding hydrogens is 258 g/mol. The molecule has 1 aromatic rings. The van der Waals surface area contributed by atoms with Crippen molar-refractivity contribution in [1.29, 1.82) is 0 Å². The van der Waals surface area contributed by atoms with Crippen LogP contribution in [0.2, 0.25) is 0 Å². The van der Waals surface area contributed by atoms with E-state index < -0.39 is 18.1 Å². The molecule has 0 bridgehead atoms. The lowest BCUT2D eigenvalue weighted by Crippen LogP contribution is -2.43. The third-order valence-corrected chi connectivity index (χ3v) is 3.76. The lowest BCUT2D eigenvalue weighted by Gasteiger charge is -2.26. The van der Waals surface area contributed by atoms with Gasteiger partial charge in [-0.3, -0.25) is 4.79 Å². The Hall–Kier alpha value is -1.88. The predicted molar refractivity (Wildman–Crippen MR) is 73.2 cm³/mol. The van der Waals surface area contributed by atoms with E-state index >= 15 is 0 Å². The first-order valence-electron chi connectivity index (χ1n) is 6.80. The van der Waals surface area contributed by atoms with E-state index in [4.69, 9.17) is 0 Å². The number of hydrogen-bond donors (Lipinski definition) is 2. The molecule has 1 aromatic carbocycles. The quantitative estimate of drug-likeness (QED) is 0.867. The first-order valence-corrected chi connectivity index (χ1v) is 6.80. The zero-order valence-corrected chi connectivity index (χ0v) is 11.4. The Labute approximate surface area is 117 Å². The molecule has 2 N–H and O–H groups in total. The average molecular weight is 277 g/mol. The Balaban J connectivity index is 2.22. The number of hydrogen-bond acceptors (Lipinski definition) is 3. The van der Waals surface area contributed by atoms with Crippen molar-refractivity contribution < 1.29 is 19.8 Å². The molecule has 1 aliphatic rings. The van der Waals surface area contributed by atoms with Gasteiger partial charge in [0.25, 0.3) is 0 Å². The number of aliphatic hydroxyl groups excluding tert-OH is 1. The molecule has 0 aromatic heterocycles. The summed E-state index contributed by atoms with van der Waals surface area (Å²) >= 11 is 0. The van der Waals surface area contributed by atoms with Crippen LogP contribution in [0.1, 0.15) is 31.2 Å². The first-order chi connectivity index (χ1) is 9.54. The maximum Gasteiger partial charge on any atom is 0.326 e. The van der Waals surface area contributed by atoms with E-state index in [1.165, 1.54) is 4.90 Å². The molecule has 1 aliphatic heterocycles. The van der Waals surface area contributed by atoms with Crippen molar-refractivity contribution in [2.45, 2.75) is 37.8 Å². The molecule has 0 aliphatic carbocycles. The van der Waals surface area contributed by atoms with E-state index in [1.54, 1.807) is 0 Å². The van der Waals surface area contributed by atoms with Gasteiger partial charge >= 0.3 is 5.97 Å². The summed E-state index contributed by atoms with van der Waals surface area (Å²) in [6, 6.07) is 8.41. The van der Waals surface area contributed by atoms with Crippen molar-refractivity contribution in [3.63, 3.8) is 0 Å². The molecule has 20 heavy (non-hydrogen) atoms. The summed E-state index contributed by atoms with van der Waals surface area (Å²) < 4.78 is 0. The number of aliphatic hydroxyl groups is 1. The van der Waals surface area contributed by atoms with Crippen LogP contribution in [0.15, 0.2) is 30.3 Å². The van der Waals surface area contributed by atoms with E-state index in [0.717, 1.165) is 5.56 Å². The Morgan fingerprint density at radius 2 is 2.00 bits per heavy atom. The molecule has 1 fully saturated rings. The zero-order chi connectivity index (χ0) is 14.7. The van der Waals surface area contributed by atoms with E-state index in [0.29, 0.717) is 6.42 Å². The first kappa shape index (κ1) is 14.5. The van der Waals surface area contributed by atoms with Gasteiger partial charge in [0, 0.05) is 13.0 Å². The predicted octanol–water partition coefficient (Wildman–Crippen LogP) is 1.23. The standard InChI is InChI=1S/C15H19NO4/c1-2-12(10-6-4-3-5-7-10)14(18)16-9-11(17)8-13(16)15(19)20/h3-7,11-13,17H,2,8-9H2,1H3,(H,19,20)/t11-,12?,13-/m1/s1. The van der Waals surface area contributed by atoms with Crippen LogP contribution >= 0.6 is 0 Å². The monoisotopic (exact) mass is 277 g/mol. The fourth-order valence-electron chi connectivity index (χ4n) is 2.73. The SMILES string of the molecule is CCC(C(=O)N1C[C@H](O)C[C@@H]1C(=O)O)c1ccccc1. The van der Waals surface area contributed by atoms with E-state index in [2.05, 4.69) is 0 Å². The van der Waals surface area contributed by atoms with E-state index in [9.17, 15) is 19.8 Å². The van der Waals surface area contributed by atoms with Gasteiger partial charge in [0.15, 0.2) is 0 Å². The van der Waals surface area contributed by atoms with Crippen LogP contribution < -0.4 is 0 Å². The summed E-state index contributed by atoms with van der Waals surface area (Å²) in [6.45, 7) is 2.00. The van der Waals surface area contributed by atoms with Crippen LogP contribution in [0.5, 0.6) is 0 Å². The normalized spacial score (nSPS) is 23.6. The lowest BCUT2D eigenvalue weighted by molar-refractivity contribution is -0.148. The van der Waals surface area contributed by atoms with Crippen LogP contribution in [-0.4, -0.2) is 45.7 Å². The van der Waals surface area contributed by atoms with Gasteiger partial charge in [-0.25, -0.2) is 4.79 Å². The number of carboxylic acids is 1. The molecule has 1 amide bonds. The Bertz CT molecular complexity index is 488. The van der Waals surface area contributed by atoms with Crippen LogP contribution in [0.25, 0.3) is 0 Å². The highest BCUT2D eigenvalue weighted by atomic mass is 16.4. The van der Waals surface area contributed by atoms with Crippen LogP contribution in [0, 0.1) is 0 Å². The molecule has 2 rings (SSSR count). The fraction of sp³-hybridized carbons (Fsp3) is 0.467. The Morgan fingerprint density at radius 1 is 1.35 bits per heavy atom. The van der Waals surface area contributed by atoms with Crippen molar-refractivity contribution in [3.05, 3.63) is 35.9 Å². The summed E-state index contributed by atoms with van der Waals surface area (Å²) in [5.41, 5.74) is 0.880. The third-order valence-electron chi connectivity index (χ3n) is 3.76. The zero-order valence-electron chi connectivity index (χ0n) is 11.4. The van der Waals surface area contributed by atoms with Crippen molar-refractivity contribution in [3.8, 4) is 0 Å². The number of benzene rings is 1. The van der Waals surface area contributed by atoms with Gasteiger partial charge in [0.1, 0.15) is 6.04 Å². The van der Waals surface area contributed by atoms with Gasteiger partial charge in [0.2, 0.25) is 5.91 Å². The van der Waals surface area contributed by atoms with Gasteiger partial charge in [-0.1, -0.05) is 37.3 Å². The minimum atomic E-state index is -1.06. The van der Waals surface area contributed by atoms with Gasteiger partial charge < -0.3 is 15.1 Å². The van der Waals surface area contributed by atoms with E-state index in [-0.39, 0.29) is 24.8 Å². The number of β-amino-alcohol motifs (C(OH)–C–C–N with tert-alkyl or cyclic N) is 1. The summed E-state index contributed by atoms with van der Waals surface area (Å²) in [4.78, 5) is 25.1. The van der Waals surface area contributed by atoms with Gasteiger partial charge in [-0.15, -0.1) is 0 Å². The van der Waals surface area contributed by atoms with E-state index in [1.807, 2.05) is 37.3 Å². The molecule has 5 nitrogen and oxygen atoms in total. The number of aliphatic carboxylic acids is 1. The second kappa shape index (κ2) is 6.05. The third kappa shape index (κ3) is 2.82. The Kier molecular flexibility index (Phi) is 4.39. The summed E-state index contributed by atoms with van der Waals surface area (Å²) in [7, 11) is 0. The molecule has 108 valence electrons. The molecule has 1 unspecified atom stereocenters. The fourth-order valence-corrected chi connectivity index (χ4v) is 2.73. The topological polar surface area (TPSA) is 77.8 Å². The van der Waals surface area contributed by atoms with Crippen molar-refractivity contribution >= 4 is 11.9 Å². The van der Waals surface area contributed by atoms with Gasteiger partial charge in [0.05, 0.1) is 12.0 Å². The number of carbonyl (C=O) groups excluding carboxylic acids is 1. The number of carboxylic acid groups (broad SMARTS) is 1. The second-order valence-electron chi connectivity index (χ2n) is 5.11. The smallest absolute Gasteiger partial charge is 0.326 e. The highest BCUT2D eigenvalue weighted by molar-refractivity contribution is 5.88. The largest absolute Gasteiger partial charge is 0.480 e. The summed E-state index contributed by atoms with van der Waals surface area (Å²) in [5.74, 6) is -1.64. The van der Waals surface area contributed by atoms with Crippen molar-refractivity contribution in [1.82, 2.24) is 4.90 Å². The Morgan fingerprint density at radius 3 is 2.55 bits per heavy atom. The van der Waals surface area contributed by atoms with Crippen molar-refractivity contribution in [2.24, 2.45) is 0 Å². The maximum absolute atomic E-state index is 12.6. The van der Waals surface area contributed by atoms with Crippen LogP contribution in [0.4, 0.5) is 0 Å². The molecule has 1 heterocycles. The molecule has 1 saturated heterocycles. The highest BCUT2D eigenvalue weighted by Crippen LogP contribution is 2.27. The van der Waals surface area contributed by atoms with Crippen molar-refractivity contribution in [2.75, 3.05) is 6.54 Å². The molecular formula is C15H19NO4. The molecule has 0 radical (unpaired) electrons. The molecule has 0 saturated carbocycles. The summed E-state index contributed by atoms with van der Waals surface area (Å²) in [6.07, 6.45) is -0.0537. The van der Waals surface area contributed by atoms with Crippen LogP contribution in [-0.2, 0) is 9.59 Å². The van der Waals surface area contributed by atoms with Gasteiger partial charge in [-0.2, -0.15) is 0 Å². The molecule has 3 atom stereocenters. The minimum Gasteiger partial charge on any atom is -0.480 e. The van der Waals surface area contributed by atoms with Gasteiger partial charge in [-0.05, 0) is 12.0 Å². The number of rotatable bonds is 4. The molecule has 5 heteroatoms. The maximum atomic E-state index is 12.6. The number of carbonyl (C=O) groups is 2.